The van der Waals surface area contributed by atoms with Crippen molar-refractivity contribution < 1.29 is 32.7 Å². The van der Waals surface area contributed by atoms with Crippen molar-refractivity contribution in [3.05, 3.63) is 22.4 Å². The lowest BCUT2D eigenvalue weighted by Gasteiger charge is -2.40. The molecule has 9 nitrogen and oxygen atoms in total. The minimum atomic E-state index is -5.08. The first-order valence-corrected chi connectivity index (χ1v) is 6.75. The van der Waals surface area contributed by atoms with Gasteiger partial charge >= 0.3 is 12.1 Å². The number of hydrogen-bond donors (Lipinski definition) is 2. The summed E-state index contributed by atoms with van der Waals surface area (Å²) in [5.41, 5.74) is -0.0302. The number of nitro groups is 1. The number of halogens is 3. The number of nitrogens with zero attached hydrogens (tertiary/aromatic N) is 3. The molecule has 0 aliphatic carbocycles. The molecular formula is C12H13F3N4O5. The van der Waals surface area contributed by atoms with Gasteiger partial charge in [0.25, 0.3) is 5.69 Å². The van der Waals surface area contributed by atoms with E-state index in [9.17, 15) is 23.3 Å². The van der Waals surface area contributed by atoms with Crippen molar-refractivity contribution in [2.24, 2.45) is 0 Å². The molecule has 1 aromatic rings. The molecular weight excluding hydrogens is 337 g/mol. The summed E-state index contributed by atoms with van der Waals surface area (Å²) in [6.07, 6.45) is -3.80. The molecule has 3 rings (SSSR count). The summed E-state index contributed by atoms with van der Waals surface area (Å²) in [5, 5.41) is 21.1. The Balaban J connectivity index is 0.000000256. The van der Waals surface area contributed by atoms with Crippen molar-refractivity contribution in [1.82, 2.24) is 10.3 Å². The average molecular weight is 350 g/mol. The number of aromatic nitrogens is 1. The van der Waals surface area contributed by atoms with E-state index in [2.05, 4.69) is 15.2 Å². The maximum absolute atomic E-state index is 10.7. The molecule has 0 bridgehead atoms. The molecule has 1 unspecified atom stereocenters. The number of aliphatic carboxylic acids is 1. The van der Waals surface area contributed by atoms with E-state index < -0.39 is 17.1 Å². The summed E-state index contributed by atoms with van der Waals surface area (Å²) < 4.78 is 37.3. The second-order valence-electron chi connectivity index (χ2n) is 4.94. The zero-order valence-electron chi connectivity index (χ0n) is 12.1. The van der Waals surface area contributed by atoms with E-state index in [0.717, 1.165) is 19.6 Å². The lowest BCUT2D eigenvalue weighted by atomic mass is 10.1. The van der Waals surface area contributed by atoms with Gasteiger partial charge in [-0.1, -0.05) is 0 Å². The minimum absolute atomic E-state index is 0.0302. The van der Waals surface area contributed by atoms with Crippen LogP contribution >= 0.6 is 0 Å². The maximum atomic E-state index is 10.7. The second kappa shape index (κ2) is 6.86. The van der Waals surface area contributed by atoms with Crippen molar-refractivity contribution in [3.8, 4) is 5.75 Å². The number of carbonyl (C=O) groups is 1. The zero-order valence-corrected chi connectivity index (χ0v) is 12.1. The third-order valence-corrected chi connectivity index (χ3v) is 3.33. The monoisotopic (exact) mass is 350 g/mol. The minimum Gasteiger partial charge on any atom is -0.487 e. The number of anilines is 1. The lowest BCUT2D eigenvalue weighted by molar-refractivity contribution is -0.385. The molecule has 12 heteroatoms. The molecule has 0 spiro atoms. The Morgan fingerprint density at radius 3 is 2.79 bits per heavy atom. The predicted molar refractivity (Wildman–Crippen MR) is 74.1 cm³/mol. The van der Waals surface area contributed by atoms with Crippen molar-refractivity contribution in [2.75, 3.05) is 31.1 Å². The van der Waals surface area contributed by atoms with Crippen molar-refractivity contribution >= 4 is 17.5 Å². The van der Waals surface area contributed by atoms with Crippen LogP contribution in [0.15, 0.2) is 12.3 Å². The standard InChI is InChI=1S/C10H12N4O3.C2HF3O2/c15-14(16)7-3-9-10(12-5-7)13-2-1-11-4-8(13)6-17-9;3-2(4,5)1(6)7/h3,5,8,11H,1-2,4,6H2;(H,6,7). The highest BCUT2D eigenvalue weighted by molar-refractivity contribution is 5.73. The van der Waals surface area contributed by atoms with Gasteiger partial charge in [-0.2, -0.15) is 13.2 Å². The van der Waals surface area contributed by atoms with E-state index in [0.29, 0.717) is 18.2 Å². The maximum Gasteiger partial charge on any atom is 0.490 e. The molecule has 24 heavy (non-hydrogen) atoms. The van der Waals surface area contributed by atoms with Gasteiger partial charge in [-0.05, 0) is 0 Å². The van der Waals surface area contributed by atoms with E-state index in [1.54, 1.807) is 0 Å². The molecule has 1 atom stereocenters. The number of carboxylic acids is 1. The van der Waals surface area contributed by atoms with Crippen LogP contribution in [0.5, 0.6) is 5.75 Å². The Morgan fingerprint density at radius 1 is 1.54 bits per heavy atom. The third-order valence-electron chi connectivity index (χ3n) is 3.33. The van der Waals surface area contributed by atoms with E-state index in [1.807, 2.05) is 0 Å². The van der Waals surface area contributed by atoms with Gasteiger partial charge in [0.15, 0.2) is 11.6 Å². The van der Waals surface area contributed by atoms with Crippen LogP contribution in [0.2, 0.25) is 0 Å². The molecule has 1 saturated heterocycles. The molecule has 0 radical (unpaired) electrons. The smallest absolute Gasteiger partial charge is 0.487 e. The van der Waals surface area contributed by atoms with Crippen LogP contribution in [-0.4, -0.2) is 59.4 Å². The number of rotatable bonds is 1. The highest BCUT2D eigenvalue weighted by Gasteiger charge is 2.38. The molecule has 3 heterocycles. The molecule has 0 amide bonds. The summed E-state index contributed by atoms with van der Waals surface area (Å²) >= 11 is 0. The first kappa shape index (κ1) is 17.7. The van der Waals surface area contributed by atoms with Crippen LogP contribution in [0, 0.1) is 10.1 Å². The molecule has 1 fully saturated rings. The van der Waals surface area contributed by atoms with Crippen LogP contribution in [0.3, 0.4) is 0 Å². The Labute approximate surface area is 133 Å². The Bertz CT molecular complexity index is 640. The number of fused-ring (bicyclic) bond motifs is 3. The summed E-state index contributed by atoms with van der Waals surface area (Å²) in [4.78, 5) is 25.4. The fourth-order valence-electron chi connectivity index (χ4n) is 2.22. The van der Waals surface area contributed by atoms with Crippen molar-refractivity contribution in [3.63, 3.8) is 0 Å². The van der Waals surface area contributed by atoms with E-state index in [4.69, 9.17) is 14.6 Å². The molecule has 1 aromatic heterocycles. The second-order valence-corrected chi connectivity index (χ2v) is 4.94. The largest absolute Gasteiger partial charge is 0.490 e. The fraction of sp³-hybridized carbons (Fsp3) is 0.500. The van der Waals surface area contributed by atoms with E-state index in [1.165, 1.54) is 12.3 Å². The molecule has 132 valence electrons. The number of carboxylic acid groups (broad SMARTS) is 1. The highest BCUT2D eigenvalue weighted by Crippen LogP contribution is 2.34. The molecule has 2 N–H and O–H groups in total. The number of ether oxygens (including phenoxy) is 1. The Hall–Kier alpha value is -2.63. The molecule has 2 aliphatic heterocycles. The first-order valence-electron chi connectivity index (χ1n) is 6.75. The number of piperazine rings is 1. The van der Waals surface area contributed by atoms with Crippen LogP contribution in [0.25, 0.3) is 0 Å². The lowest BCUT2D eigenvalue weighted by Crippen LogP contribution is -2.56. The Kier molecular flexibility index (Phi) is 5.07. The SMILES string of the molecule is O=C(O)C(F)(F)F.O=[N+]([O-])c1cnc2c(c1)OCC1CNCCN21. The normalized spacial score (nSPS) is 19.1. The molecule has 0 aromatic carbocycles. The number of alkyl halides is 3. The van der Waals surface area contributed by atoms with Gasteiger partial charge in [0.2, 0.25) is 0 Å². The fourth-order valence-corrected chi connectivity index (χ4v) is 2.22. The van der Waals surface area contributed by atoms with Crippen molar-refractivity contribution in [2.45, 2.75) is 12.2 Å². The van der Waals surface area contributed by atoms with Gasteiger partial charge in [0, 0.05) is 19.6 Å². The third kappa shape index (κ3) is 4.01. The number of hydrogen-bond acceptors (Lipinski definition) is 7. The summed E-state index contributed by atoms with van der Waals surface area (Å²) in [6.45, 7) is 3.15. The van der Waals surface area contributed by atoms with Crippen LogP contribution in [-0.2, 0) is 4.79 Å². The zero-order chi connectivity index (χ0) is 17.9. The van der Waals surface area contributed by atoms with Crippen LogP contribution in [0.1, 0.15) is 0 Å². The number of nitrogens with one attached hydrogen (secondary N) is 1. The van der Waals surface area contributed by atoms with Gasteiger partial charge in [0.1, 0.15) is 12.8 Å². The van der Waals surface area contributed by atoms with Gasteiger partial charge in [-0.25, -0.2) is 9.78 Å². The van der Waals surface area contributed by atoms with Gasteiger partial charge < -0.3 is 20.1 Å². The van der Waals surface area contributed by atoms with Gasteiger partial charge in [0.05, 0.1) is 17.0 Å². The van der Waals surface area contributed by atoms with Gasteiger partial charge in [-0.15, -0.1) is 0 Å². The summed E-state index contributed by atoms with van der Waals surface area (Å²) in [6, 6.07) is 1.71. The quantitative estimate of drug-likeness (QED) is 0.564. The van der Waals surface area contributed by atoms with Crippen LogP contribution < -0.4 is 15.0 Å². The van der Waals surface area contributed by atoms with Crippen LogP contribution in [0.4, 0.5) is 24.7 Å². The molecule has 2 aliphatic rings. The van der Waals surface area contributed by atoms with Gasteiger partial charge in [-0.3, -0.25) is 10.1 Å². The first-order chi connectivity index (χ1) is 11.2. The molecule has 0 saturated carbocycles. The topological polar surface area (TPSA) is 118 Å². The van der Waals surface area contributed by atoms with Crippen molar-refractivity contribution in [1.29, 1.82) is 0 Å². The summed E-state index contributed by atoms with van der Waals surface area (Å²) in [5.74, 6) is -1.53. The average Bonchev–Trinajstić information content (AvgIpc) is 2.53. The van der Waals surface area contributed by atoms with E-state index >= 15 is 0 Å². The Morgan fingerprint density at radius 2 is 2.21 bits per heavy atom. The highest BCUT2D eigenvalue weighted by atomic mass is 19.4. The number of pyridine rings is 1. The van der Waals surface area contributed by atoms with E-state index in [-0.39, 0.29) is 11.7 Å². The summed E-state index contributed by atoms with van der Waals surface area (Å²) in [7, 11) is 0. The predicted octanol–water partition coefficient (Wildman–Crippen LogP) is 0.794.